The topological polar surface area (TPSA) is 84.2 Å². The van der Waals surface area contributed by atoms with Gasteiger partial charge in [-0.1, -0.05) is 50.2 Å². The first-order valence-electron chi connectivity index (χ1n) is 9.80. The second kappa shape index (κ2) is 10.2. The maximum Gasteiger partial charge on any atom is 0.270 e. The summed E-state index contributed by atoms with van der Waals surface area (Å²) in [7, 11) is 0. The number of benzene rings is 2. The molecule has 3 aromatic rings. The van der Waals surface area contributed by atoms with Gasteiger partial charge < -0.3 is 4.42 Å². The number of nitrogens with zero attached hydrogens (tertiary/aromatic N) is 1. The molecule has 7 heteroatoms. The molecule has 2 aromatic carbocycles. The summed E-state index contributed by atoms with van der Waals surface area (Å²) >= 11 is 3.31. The highest BCUT2D eigenvalue weighted by Gasteiger charge is 2.12. The van der Waals surface area contributed by atoms with Crippen molar-refractivity contribution in [2.24, 2.45) is 5.92 Å². The third-order valence-electron chi connectivity index (χ3n) is 4.44. The molecule has 0 aliphatic rings. The lowest BCUT2D eigenvalue weighted by Gasteiger charge is -2.08. The molecular formula is C23H24BrN3O3. The Morgan fingerprint density at radius 2 is 1.80 bits per heavy atom. The van der Waals surface area contributed by atoms with Crippen LogP contribution in [0, 0.1) is 5.92 Å². The Balaban J connectivity index is 1.48. The first-order chi connectivity index (χ1) is 14.4. The van der Waals surface area contributed by atoms with Crippen molar-refractivity contribution >= 4 is 27.7 Å². The molecule has 0 fully saturated rings. The van der Waals surface area contributed by atoms with E-state index in [0.717, 1.165) is 12.0 Å². The summed E-state index contributed by atoms with van der Waals surface area (Å²) in [6.45, 7) is 4.39. The van der Waals surface area contributed by atoms with Gasteiger partial charge in [-0.05, 0) is 46.0 Å². The van der Waals surface area contributed by atoms with Crippen LogP contribution in [0.4, 0.5) is 0 Å². The van der Waals surface area contributed by atoms with E-state index in [-0.39, 0.29) is 12.3 Å². The van der Waals surface area contributed by atoms with Crippen LogP contribution in [-0.4, -0.2) is 16.8 Å². The van der Waals surface area contributed by atoms with Crippen LogP contribution in [0.5, 0.6) is 0 Å². The van der Waals surface area contributed by atoms with Crippen LogP contribution in [0.2, 0.25) is 0 Å². The summed E-state index contributed by atoms with van der Waals surface area (Å²) in [6, 6.07) is 15.2. The average molecular weight is 470 g/mol. The van der Waals surface area contributed by atoms with E-state index in [0.29, 0.717) is 34.0 Å². The predicted octanol–water partition coefficient (Wildman–Crippen LogP) is 4.70. The second-order valence-electron chi connectivity index (χ2n) is 7.40. The highest BCUT2D eigenvalue weighted by molar-refractivity contribution is 9.10. The van der Waals surface area contributed by atoms with E-state index in [2.05, 4.69) is 57.7 Å². The molecule has 0 radical (unpaired) electrons. The van der Waals surface area contributed by atoms with Crippen molar-refractivity contribution in [2.45, 2.75) is 33.1 Å². The molecule has 0 bridgehead atoms. The minimum absolute atomic E-state index is 0.142. The molecule has 2 amide bonds. The van der Waals surface area contributed by atoms with E-state index in [1.165, 1.54) is 5.56 Å². The van der Waals surface area contributed by atoms with Crippen molar-refractivity contribution < 1.29 is 14.0 Å². The Kier molecular flexibility index (Phi) is 7.41. The Morgan fingerprint density at radius 3 is 2.50 bits per heavy atom. The number of carbonyl (C=O) groups excluding carboxylic acids is 2. The molecule has 1 heterocycles. The van der Waals surface area contributed by atoms with E-state index < -0.39 is 5.91 Å². The van der Waals surface area contributed by atoms with Gasteiger partial charge in [0.05, 0.1) is 11.8 Å². The lowest BCUT2D eigenvalue weighted by molar-refractivity contribution is -0.121. The molecule has 0 unspecified atom stereocenters. The number of hydrazine groups is 1. The zero-order valence-electron chi connectivity index (χ0n) is 16.9. The number of aryl methyl sites for hydroxylation is 1. The van der Waals surface area contributed by atoms with Crippen molar-refractivity contribution in [3.8, 4) is 11.3 Å². The van der Waals surface area contributed by atoms with Gasteiger partial charge in [0.1, 0.15) is 0 Å². The van der Waals surface area contributed by atoms with Crippen molar-refractivity contribution in [2.75, 3.05) is 0 Å². The SMILES string of the molecule is CC(C)Cc1ccc(-c2cnc(CCC(=O)NNC(=O)c3ccccc3Br)o2)cc1. The summed E-state index contributed by atoms with van der Waals surface area (Å²) in [5.41, 5.74) is 7.49. The molecule has 30 heavy (non-hydrogen) atoms. The first kappa shape index (κ1) is 21.8. The van der Waals surface area contributed by atoms with Crippen LogP contribution in [0.1, 0.15) is 42.1 Å². The number of halogens is 1. The van der Waals surface area contributed by atoms with E-state index in [1.807, 2.05) is 18.2 Å². The molecular weight excluding hydrogens is 446 g/mol. The van der Waals surface area contributed by atoms with Gasteiger partial charge in [0, 0.05) is 22.9 Å². The lowest BCUT2D eigenvalue weighted by atomic mass is 10.0. The molecule has 156 valence electrons. The zero-order valence-corrected chi connectivity index (χ0v) is 18.5. The van der Waals surface area contributed by atoms with Crippen molar-refractivity contribution in [3.05, 3.63) is 76.2 Å². The third kappa shape index (κ3) is 6.03. The van der Waals surface area contributed by atoms with E-state index >= 15 is 0 Å². The monoisotopic (exact) mass is 469 g/mol. The molecule has 0 aliphatic heterocycles. The number of carbonyl (C=O) groups is 2. The van der Waals surface area contributed by atoms with Crippen LogP contribution in [0.25, 0.3) is 11.3 Å². The van der Waals surface area contributed by atoms with E-state index in [9.17, 15) is 9.59 Å². The quantitative estimate of drug-likeness (QED) is 0.491. The minimum Gasteiger partial charge on any atom is -0.441 e. The Hall–Kier alpha value is -2.93. The third-order valence-corrected chi connectivity index (χ3v) is 5.13. The van der Waals surface area contributed by atoms with E-state index in [4.69, 9.17) is 4.42 Å². The normalized spacial score (nSPS) is 10.8. The van der Waals surface area contributed by atoms with Gasteiger partial charge >= 0.3 is 0 Å². The van der Waals surface area contributed by atoms with Gasteiger partial charge in [-0.3, -0.25) is 20.4 Å². The van der Waals surface area contributed by atoms with Gasteiger partial charge in [0.2, 0.25) is 5.91 Å². The van der Waals surface area contributed by atoms with Gasteiger partial charge in [-0.15, -0.1) is 0 Å². The van der Waals surface area contributed by atoms with Gasteiger partial charge in [0.15, 0.2) is 11.7 Å². The average Bonchev–Trinajstić information content (AvgIpc) is 3.20. The molecule has 3 rings (SSSR count). The Labute approximate surface area is 184 Å². The fourth-order valence-electron chi connectivity index (χ4n) is 2.96. The number of nitrogens with one attached hydrogen (secondary N) is 2. The van der Waals surface area contributed by atoms with E-state index in [1.54, 1.807) is 24.4 Å². The fraction of sp³-hybridized carbons (Fsp3) is 0.261. The first-order valence-corrected chi connectivity index (χ1v) is 10.6. The maximum absolute atomic E-state index is 12.1. The molecule has 0 aliphatic carbocycles. The molecule has 0 saturated carbocycles. The number of hydrogen-bond donors (Lipinski definition) is 2. The number of amides is 2. The summed E-state index contributed by atoms with van der Waals surface area (Å²) in [5.74, 6) is 1.04. The van der Waals surface area contributed by atoms with Crippen LogP contribution in [0.3, 0.4) is 0 Å². The molecule has 0 atom stereocenters. The number of rotatable bonds is 7. The van der Waals surface area contributed by atoms with Crippen molar-refractivity contribution in [3.63, 3.8) is 0 Å². The lowest BCUT2D eigenvalue weighted by Crippen LogP contribution is -2.41. The Bertz CT molecular complexity index is 1010. The summed E-state index contributed by atoms with van der Waals surface area (Å²) in [4.78, 5) is 28.4. The molecule has 0 spiro atoms. The van der Waals surface area contributed by atoms with Crippen molar-refractivity contribution in [1.29, 1.82) is 0 Å². The van der Waals surface area contributed by atoms with Gasteiger partial charge in [-0.25, -0.2) is 4.98 Å². The molecule has 2 N–H and O–H groups in total. The highest BCUT2D eigenvalue weighted by Crippen LogP contribution is 2.22. The smallest absolute Gasteiger partial charge is 0.270 e. The summed E-state index contributed by atoms with van der Waals surface area (Å²) in [5, 5.41) is 0. The van der Waals surface area contributed by atoms with Gasteiger partial charge in [0.25, 0.3) is 5.91 Å². The van der Waals surface area contributed by atoms with Gasteiger partial charge in [-0.2, -0.15) is 0 Å². The van der Waals surface area contributed by atoms with Crippen LogP contribution < -0.4 is 10.9 Å². The second-order valence-corrected chi connectivity index (χ2v) is 8.25. The van der Waals surface area contributed by atoms with Crippen LogP contribution in [-0.2, 0) is 17.6 Å². The summed E-state index contributed by atoms with van der Waals surface area (Å²) < 4.78 is 6.42. The molecule has 6 nitrogen and oxygen atoms in total. The molecule has 0 saturated heterocycles. The van der Waals surface area contributed by atoms with Crippen LogP contribution in [0.15, 0.2) is 63.6 Å². The highest BCUT2D eigenvalue weighted by atomic mass is 79.9. The Morgan fingerprint density at radius 1 is 1.07 bits per heavy atom. The fourth-order valence-corrected chi connectivity index (χ4v) is 3.42. The molecule has 1 aromatic heterocycles. The van der Waals surface area contributed by atoms with Crippen molar-refractivity contribution in [1.82, 2.24) is 15.8 Å². The summed E-state index contributed by atoms with van der Waals surface area (Å²) in [6.07, 6.45) is 3.18. The number of hydrogen-bond acceptors (Lipinski definition) is 4. The predicted molar refractivity (Wildman–Crippen MR) is 119 cm³/mol. The largest absolute Gasteiger partial charge is 0.441 e. The maximum atomic E-state index is 12.1. The standard InChI is InChI=1S/C23H24BrN3O3/c1-15(2)13-16-7-9-17(10-8-16)20-14-25-22(30-20)12-11-21(28)26-27-23(29)18-5-3-4-6-19(18)24/h3-10,14-15H,11-13H2,1-2H3,(H,26,28)(H,27,29). The zero-order chi connectivity index (χ0) is 21.5. The number of aromatic nitrogens is 1. The minimum atomic E-state index is -0.393. The number of oxazole rings is 1. The van der Waals surface area contributed by atoms with Crippen LogP contribution >= 0.6 is 15.9 Å².